The second-order valence-corrected chi connectivity index (χ2v) is 10.9. The van der Waals surface area contributed by atoms with Gasteiger partial charge in [-0.2, -0.15) is 0 Å². The Hall–Kier alpha value is -2.88. The summed E-state index contributed by atoms with van der Waals surface area (Å²) >= 11 is 0. The molecule has 3 atom stereocenters. The first-order valence-electron chi connectivity index (χ1n) is 14.1. The molecule has 0 spiro atoms. The molecule has 0 aromatic heterocycles. The zero-order valence-electron chi connectivity index (χ0n) is 24.4. The predicted molar refractivity (Wildman–Crippen MR) is 153 cm³/mol. The Bertz CT molecular complexity index is 1090. The average Bonchev–Trinajstić information content (AvgIpc) is 2.88. The normalized spacial score (nSPS) is 13.7. The molecule has 0 saturated heterocycles. The van der Waals surface area contributed by atoms with Crippen molar-refractivity contribution in [1.29, 1.82) is 0 Å². The van der Waals surface area contributed by atoms with E-state index in [0.29, 0.717) is 36.6 Å². The molecule has 0 bridgehead atoms. The third-order valence-electron chi connectivity index (χ3n) is 6.55. The number of carbonyl (C=O) groups is 2. The van der Waals surface area contributed by atoms with Crippen molar-refractivity contribution in [3.8, 4) is 0 Å². The minimum absolute atomic E-state index is 0.0584. The van der Waals surface area contributed by atoms with Crippen LogP contribution in [0.15, 0.2) is 36.4 Å². The van der Waals surface area contributed by atoms with Crippen LogP contribution in [0.25, 0.3) is 0 Å². The van der Waals surface area contributed by atoms with Gasteiger partial charge in [0.05, 0.1) is 12.2 Å². The molecule has 0 fully saturated rings. The van der Waals surface area contributed by atoms with Crippen molar-refractivity contribution in [3.05, 3.63) is 70.3 Å². The second kappa shape index (κ2) is 16.4. The highest BCUT2D eigenvalue weighted by molar-refractivity contribution is 5.98. The highest BCUT2D eigenvalue weighted by Crippen LogP contribution is 2.17. The number of esters is 1. The van der Waals surface area contributed by atoms with Crippen LogP contribution >= 0.6 is 0 Å². The molecule has 0 heterocycles. The maximum Gasteiger partial charge on any atom is 0.338 e. The number of nitrogens with two attached hydrogens (primary N) is 1. The van der Waals surface area contributed by atoms with E-state index in [2.05, 4.69) is 5.32 Å². The van der Waals surface area contributed by atoms with Crippen molar-refractivity contribution in [3.63, 3.8) is 0 Å². The molecule has 2 aromatic rings. The van der Waals surface area contributed by atoms with Crippen LogP contribution in [0.2, 0.25) is 0 Å². The number of halogens is 2. The van der Waals surface area contributed by atoms with Crippen molar-refractivity contribution < 1.29 is 28.2 Å². The fourth-order valence-corrected chi connectivity index (χ4v) is 4.75. The molecule has 9 heteroatoms. The average molecular weight is 562 g/mol. The third kappa shape index (κ3) is 10.6. The van der Waals surface area contributed by atoms with E-state index in [-0.39, 0.29) is 37.1 Å². The first kappa shape index (κ1) is 33.3. The predicted octanol–water partition coefficient (Wildman–Crippen LogP) is 4.63. The van der Waals surface area contributed by atoms with Crippen LogP contribution < -0.4 is 11.1 Å². The number of amides is 1. The third-order valence-corrected chi connectivity index (χ3v) is 6.55. The summed E-state index contributed by atoms with van der Waals surface area (Å²) in [5, 5.41) is 13.0. The Balaban J connectivity index is 2.30. The van der Waals surface area contributed by atoms with E-state index < -0.39 is 29.7 Å². The molecule has 0 saturated carbocycles. The van der Waals surface area contributed by atoms with Crippen LogP contribution in [-0.4, -0.2) is 66.3 Å². The molecule has 1 amide bonds. The summed E-state index contributed by atoms with van der Waals surface area (Å²) < 4.78 is 33.4. The summed E-state index contributed by atoms with van der Waals surface area (Å²) in [4.78, 5) is 28.3. The summed E-state index contributed by atoms with van der Waals surface area (Å²) in [5.41, 5.74) is 8.12. The number of aliphatic hydroxyl groups is 1. The molecule has 2 rings (SSSR count). The molecule has 7 nitrogen and oxygen atoms in total. The van der Waals surface area contributed by atoms with Crippen molar-refractivity contribution in [1.82, 2.24) is 10.2 Å². The van der Waals surface area contributed by atoms with Gasteiger partial charge in [-0.25, -0.2) is 13.6 Å². The molecule has 0 unspecified atom stereocenters. The number of hydrogen-bond acceptors (Lipinski definition) is 6. The van der Waals surface area contributed by atoms with Gasteiger partial charge in [0.1, 0.15) is 17.7 Å². The number of aliphatic hydroxyl groups excluding tert-OH is 1. The monoisotopic (exact) mass is 561 g/mol. The van der Waals surface area contributed by atoms with E-state index in [1.165, 1.54) is 18.2 Å². The smallest absolute Gasteiger partial charge is 0.338 e. The van der Waals surface area contributed by atoms with Gasteiger partial charge < -0.3 is 25.8 Å². The quantitative estimate of drug-likeness (QED) is 0.258. The Morgan fingerprint density at radius 3 is 2.15 bits per heavy atom. The van der Waals surface area contributed by atoms with E-state index in [4.69, 9.17) is 10.5 Å². The van der Waals surface area contributed by atoms with E-state index in [9.17, 15) is 23.5 Å². The van der Waals surface area contributed by atoms with Gasteiger partial charge in [-0.1, -0.05) is 27.7 Å². The van der Waals surface area contributed by atoms with Gasteiger partial charge in [0.2, 0.25) is 0 Å². The summed E-state index contributed by atoms with van der Waals surface area (Å²) in [7, 11) is 0. The molecular weight excluding hydrogens is 516 g/mol. The molecule has 0 aliphatic rings. The number of hydrogen-bond donors (Lipinski definition) is 3. The maximum atomic E-state index is 13.8. The van der Waals surface area contributed by atoms with Gasteiger partial charge in [0, 0.05) is 43.3 Å². The zero-order chi connectivity index (χ0) is 29.8. The number of aryl methyl sites for hydroxylation is 1. The minimum atomic E-state index is -0.878. The van der Waals surface area contributed by atoms with Crippen molar-refractivity contribution in [2.75, 3.05) is 26.2 Å². The SMILES string of the molecule is CCCN(CCC)C(=O)c1cc(C)cc(C(=O)O[C@H](CN[C@H](CO)CC(C)C)[C@@H](N)Cc2cc(F)cc(F)c2)c1. The van der Waals surface area contributed by atoms with Gasteiger partial charge in [0.25, 0.3) is 5.91 Å². The number of rotatable bonds is 16. The van der Waals surface area contributed by atoms with E-state index >= 15 is 0 Å². The van der Waals surface area contributed by atoms with Crippen molar-refractivity contribution >= 4 is 11.9 Å². The van der Waals surface area contributed by atoms with Crippen LogP contribution in [0.5, 0.6) is 0 Å². The van der Waals surface area contributed by atoms with Crippen molar-refractivity contribution in [2.45, 2.75) is 78.5 Å². The largest absolute Gasteiger partial charge is 0.456 e. The Morgan fingerprint density at radius 2 is 1.60 bits per heavy atom. The number of benzene rings is 2. The fourth-order valence-electron chi connectivity index (χ4n) is 4.75. The lowest BCUT2D eigenvalue weighted by Crippen LogP contribution is -2.49. The van der Waals surface area contributed by atoms with Gasteiger partial charge in [-0.3, -0.25) is 4.79 Å². The highest BCUT2D eigenvalue weighted by Gasteiger charge is 2.26. The van der Waals surface area contributed by atoms with Gasteiger partial charge in [-0.05, 0) is 80.0 Å². The Kier molecular flexibility index (Phi) is 13.7. The summed E-state index contributed by atoms with van der Waals surface area (Å²) in [6.07, 6.45) is 1.51. The van der Waals surface area contributed by atoms with Crippen LogP contribution in [0.1, 0.15) is 78.8 Å². The lowest BCUT2D eigenvalue weighted by molar-refractivity contribution is 0.0224. The fraction of sp³-hybridized carbons (Fsp3) is 0.548. The van der Waals surface area contributed by atoms with Crippen LogP contribution in [0.4, 0.5) is 8.78 Å². The van der Waals surface area contributed by atoms with Crippen LogP contribution in [-0.2, 0) is 11.2 Å². The molecule has 0 radical (unpaired) electrons. The standard InChI is InChI=1S/C31H45F2N3O4/c1-6-8-36(9-7-2)30(38)23-11-21(5)12-24(16-23)31(39)40-29(18-35-27(19-37)10-20(3)4)28(34)15-22-13-25(32)17-26(33)14-22/h11-14,16-17,20,27-29,35,37H,6-10,15,18-19,34H2,1-5H3/t27-,28-,29+/m0/s1. The summed E-state index contributed by atoms with van der Waals surface area (Å²) in [6, 6.07) is 7.06. The first-order chi connectivity index (χ1) is 19.0. The molecule has 222 valence electrons. The Labute approximate surface area is 237 Å². The van der Waals surface area contributed by atoms with Gasteiger partial charge in [0.15, 0.2) is 0 Å². The molecule has 2 aromatic carbocycles. The zero-order valence-corrected chi connectivity index (χ0v) is 24.4. The number of ether oxygens (including phenoxy) is 1. The topological polar surface area (TPSA) is 105 Å². The molecule has 0 aliphatic heterocycles. The van der Waals surface area contributed by atoms with E-state index in [0.717, 1.165) is 24.5 Å². The van der Waals surface area contributed by atoms with Crippen LogP contribution in [0.3, 0.4) is 0 Å². The van der Waals surface area contributed by atoms with E-state index in [1.807, 2.05) is 27.7 Å². The van der Waals surface area contributed by atoms with E-state index in [1.54, 1.807) is 24.0 Å². The lowest BCUT2D eigenvalue weighted by atomic mass is 10.00. The maximum absolute atomic E-state index is 13.8. The second-order valence-electron chi connectivity index (χ2n) is 10.9. The Morgan fingerprint density at radius 1 is 1.00 bits per heavy atom. The van der Waals surface area contributed by atoms with Gasteiger partial charge in [-0.15, -0.1) is 0 Å². The highest BCUT2D eigenvalue weighted by atomic mass is 19.1. The van der Waals surface area contributed by atoms with Crippen LogP contribution in [0, 0.1) is 24.5 Å². The molecule has 0 aliphatic carbocycles. The van der Waals surface area contributed by atoms with Gasteiger partial charge >= 0.3 is 5.97 Å². The first-order valence-corrected chi connectivity index (χ1v) is 14.1. The number of carbonyl (C=O) groups excluding carboxylic acids is 2. The minimum Gasteiger partial charge on any atom is -0.456 e. The molecule has 4 N–H and O–H groups in total. The lowest BCUT2D eigenvalue weighted by Gasteiger charge is -2.27. The molecule has 40 heavy (non-hydrogen) atoms. The van der Waals surface area contributed by atoms with Crippen molar-refractivity contribution in [2.24, 2.45) is 11.7 Å². The summed E-state index contributed by atoms with van der Waals surface area (Å²) in [5.74, 6) is -1.93. The number of nitrogens with zero attached hydrogens (tertiary/aromatic N) is 1. The molecular formula is C31H45F2N3O4. The number of nitrogens with one attached hydrogen (secondary N) is 1. The summed E-state index contributed by atoms with van der Waals surface area (Å²) in [6.45, 7) is 11.1.